The predicted molar refractivity (Wildman–Crippen MR) is 157 cm³/mol. The number of ether oxygens (including phenoxy) is 1. The summed E-state index contributed by atoms with van der Waals surface area (Å²) in [5.41, 5.74) is 2.65. The molecule has 1 N–H and O–H groups in total. The molecule has 212 valence electrons. The van der Waals surface area contributed by atoms with Crippen molar-refractivity contribution < 1.29 is 9.53 Å². The van der Waals surface area contributed by atoms with Crippen LogP contribution >= 0.6 is 0 Å². The van der Waals surface area contributed by atoms with Crippen molar-refractivity contribution in [3.8, 4) is 5.75 Å². The number of benzene rings is 2. The molecule has 0 radical (unpaired) electrons. The van der Waals surface area contributed by atoms with Crippen LogP contribution in [-0.2, 0) is 13.1 Å². The molecule has 5 rings (SSSR count). The molecule has 2 aliphatic rings. The van der Waals surface area contributed by atoms with Crippen LogP contribution in [0.3, 0.4) is 0 Å². The molecule has 1 aromatic heterocycles. The fraction of sp³-hybridized carbons (Fsp3) is 0.452. The number of unbranched alkanes of at least 4 members (excludes halogenated alkanes) is 1. The molecule has 0 atom stereocenters. The Labute approximate surface area is 236 Å². The Hall–Kier alpha value is -3.69. The summed E-state index contributed by atoms with van der Waals surface area (Å²) in [5, 5.41) is 0. The van der Waals surface area contributed by atoms with Gasteiger partial charge in [0, 0.05) is 77.1 Å². The van der Waals surface area contributed by atoms with Gasteiger partial charge < -0.3 is 14.5 Å². The molecule has 0 saturated carbocycles. The predicted octanol–water partition coefficient (Wildman–Crippen LogP) is 3.23. The monoisotopic (exact) mass is 544 g/mol. The van der Waals surface area contributed by atoms with Gasteiger partial charge in [-0.25, -0.2) is 4.98 Å². The van der Waals surface area contributed by atoms with Crippen LogP contribution in [0.2, 0.25) is 0 Å². The average Bonchev–Trinajstić information content (AvgIpc) is 2.99. The van der Waals surface area contributed by atoms with E-state index in [1.807, 2.05) is 29.2 Å². The average molecular weight is 545 g/mol. The van der Waals surface area contributed by atoms with Gasteiger partial charge in [0.25, 0.3) is 11.5 Å². The third-order valence-electron chi connectivity index (χ3n) is 7.62. The minimum absolute atomic E-state index is 0.0152. The minimum Gasteiger partial charge on any atom is -0.494 e. The molecule has 9 heteroatoms. The van der Waals surface area contributed by atoms with Crippen LogP contribution in [0.15, 0.2) is 65.5 Å². The van der Waals surface area contributed by atoms with Crippen molar-refractivity contribution >= 4 is 11.9 Å². The zero-order valence-corrected chi connectivity index (χ0v) is 23.4. The second kappa shape index (κ2) is 13.6. The van der Waals surface area contributed by atoms with Crippen molar-refractivity contribution in [2.75, 3.05) is 63.9 Å². The second-order valence-corrected chi connectivity index (χ2v) is 10.6. The van der Waals surface area contributed by atoms with Crippen LogP contribution in [-0.4, -0.2) is 89.5 Å². The maximum atomic E-state index is 13.1. The van der Waals surface area contributed by atoms with Gasteiger partial charge in [-0.2, -0.15) is 0 Å². The molecule has 0 bridgehead atoms. The third-order valence-corrected chi connectivity index (χ3v) is 7.62. The Balaban J connectivity index is 1.11. The topological polar surface area (TPSA) is 85.0 Å². The number of hydrogen-bond acceptors (Lipinski definition) is 7. The van der Waals surface area contributed by atoms with E-state index in [1.165, 1.54) is 5.56 Å². The van der Waals surface area contributed by atoms with Crippen molar-refractivity contribution in [1.82, 2.24) is 24.7 Å². The number of aromatic amines is 1. The number of nitrogens with zero attached hydrogens (tertiary/aromatic N) is 5. The highest BCUT2D eigenvalue weighted by molar-refractivity contribution is 5.94. The summed E-state index contributed by atoms with van der Waals surface area (Å²) in [6.45, 7) is 10.7. The molecule has 9 nitrogen and oxygen atoms in total. The zero-order valence-electron chi connectivity index (χ0n) is 23.4. The Morgan fingerprint density at radius 2 is 1.55 bits per heavy atom. The number of carbonyl (C=O) groups excluding carboxylic acids is 1. The summed E-state index contributed by atoms with van der Waals surface area (Å²) in [6.07, 6.45) is 2.10. The quantitative estimate of drug-likeness (QED) is 0.393. The van der Waals surface area contributed by atoms with Gasteiger partial charge in [-0.1, -0.05) is 43.7 Å². The highest BCUT2D eigenvalue weighted by Crippen LogP contribution is 2.17. The van der Waals surface area contributed by atoms with Crippen molar-refractivity contribution in [3.63, 3.8) is 0 Å². The molecule has 40 heavy (non-hydrogen) atoms. The minimum atomic E-state index is -0.137. The van der Waals surface area contributed by atoms with Gasteiger partial charge in [-0.3, -0.25) is 24.4 Å². The molecule has 1 amide bonds. The van der Waals surface area contributed by atoms with Gasteiger partial charge in [-0.05, 0) is 36.2 Å². The van der Waals surface area contributed by atoms with Crippen LogP contribution in [0.4, 0.5) is 5.95 Å². The number of H-pyrrole nitrogens is 1. The van der Waals surface area contributed by atoms with E-state index in [9.17, 15) is 9.59 Å². The fourth-order valence-corrected chi connectivity index (χ4v) is 5.23. The highest BCUT2D eigenvalue weighted by Gasteiger charge is 2.24. The van der Waals surface area contributed by atoms with E-state index >= 15 is 0 Å². The Kier molecular flexibility index (Phi) is 9.46. The number of anilines is 1. The Morgan fingerprint density at radius 3 is 2.23 bits per heavy atom. The number of amides is 1. The highest BCUT2D eigenvalue weighted by atomic mass is 16.5. The third kappa shape index (κ3) is 7.49. The normalized spacial score (nSPS) is 16.7. The number of piperazine rings is 2. The molecule has 0 aliphatic carbocycles. The van der Waals surface area contributed by atoms with Gasteiger partial charge in [0.15, 0.2) is 0 Å². The van der Waals surface area contributed by atoms with Crippen LogP contribution in [0.5, 0.6) is 5.75 Å². The van der Waals surface area contributed by atoms with E-state index in [4.69, 9.17) is 9.72 Å². The fourth-order valence-electron chi connectivity index (χ4n) is 5.23. The molecular weight excluding hydrogens is 504 g/mol. The van der Waals surface area contributed by atoms with Gasteiger partial charge in [0.2, 0.25) is 5.95 Å². The van der Waals surface area contributed by atoms with E-state index < -0.39 is 0 Å². The summed E-state index contributed by atoms with van der Waals surface area (Å²) >= 11 is 0. The van der Waals surface area contributed by atoms with Crippen molar-refractivity contribution in [2.45, 2.75) is 32.9 Å². The lowest BCUT2D eigenvalue weighted by atomic mass is 10.1. The number of hydrogen-bond donors (Lipinski definition) is 1. The molecule has 2 aliphatic heterocycles. The van der Waals surface area contributed by atoms with Crippen LogP contribution in [0.25, 0.3) is 0 Å². The first-order valence-electron chi connectivity index (χ1n) is 14.4. The Bertz CT molecular complexity index is 1280. The van der Waals surface area contributed by atoms with E-state index in [0.29, 0.717) is 50.8 Å². The zero-order chi connectivity index (χ0) is 27.7. The molecule has 2 fully saturated rings. The van der Waals surface area contributed by atoms with Crippen molar-refractivity contribution in [2.24, 2.45) is 0 Å². The number of carbonyl (C=O) groups is 1. The number of aromatic nitrogens is 2. The first kappa shape index (κ1) is 27.9. The van der Waals surface area contributed by atoms with E-state index in [0.717, 1.165) is 57.0 Å². The van der Waals surface area contributed by atoms with Gasteiger partial charge in [-0.15, -0.1) is 0 Å². The largest absolute Gasteiger partial charge is 0.494 e. The van der Waals surface area contributed by atoms with Crippen LogP contribution in [0.1, 0.15) is 41.4 Å². The molecule has 3 aromatic rings. The summed E-state index contributed by atoms with van der Waals surface area (Å²) < 4.78 is 5.71. The number of rotatable bonds is 10. The summed E-state index contributed by atoms with van der Waals surface area (Å²) in [7, 11) is 0. The van der Waals surface area contributed by atoms with E-state index in [2.05, 4.69) is 56.9 Å². The van der Waals surface area contributed by atoms with Crippen molar-refractivity contribution in [1.29, 1.82) is 0 Å². The standard InChI is InChI=1S/C31H40N6O3/c1-2-3-21-40-28-11-9-26(10-12-28)30(39)36-17-19-37(20-18-36)31-32-27(22-29(38)33-31)24-35-15-13-34(14-16-35)23-25-7-5-4-6-8-25/h4-12,22H,2-3,13-21,23-24H2,1H3,(H,32,33,38). The molecule has 2 aromatic carbocycles. The molecule has 0 spiro atoms. The maximum absolute atomic E-state index is 13.1. The second-order valence-electron chi connectivity index (χ2n) is 10.6. The number of nitrogens with one attached hydrogen (secondary N) is 1. The van der Waals surface area contributed by atoms with Gasteiger partial charge >= 0.3 is 0 Å². The first-order chi connectivity index (χ1) is 19.6. The SMILES string of the molecule is CCCCOc1ccc(C(=O)N2CCN(c3nc(CN4CCN(Cc5ccccc5)CC4)cc(=O)[nH]3)CC2)cc1. The maximum Gasteiger partial charge on any atom is 0.253 e. The van der Waals surface area contributed by atoms with Gasteiger partial charge in [0.1, 0.15) is 5.75 Å². The molecule has 0 unspecified atom stereocenters. The summed E-state index contributed by atoms with van der Waals surface area (Å²) in [5.74, 6) is 1.39. The lowest BCUT2D eigenvalue weighted by molar-refractivity contribution is 0.0746. The first-order valence-corrected chi connectivity index (χ1v) is 14.4. The molecular formula is C31H40N6O3. The van der Waals surface area contributed by atoms with Crippen LogP contribution in [0, 0.1) is 0 Å². The molecule has 3 heterocycles. The summed E-state index contributed by atoms with van der Waals surface area (Å²) in [4.78, 5) is 42.0. The molecule has 2 saturated heterocycles. The Morgan fingerprint density at radius 1 is 0.875 bits per heavy atom. The van der Waals surface area contributed by atoms with Crippen LogP contribution < -0.4 is 15.2 Å². The lowest BCUT2D eigenvalue weighted by Crippen LogP contribution is -2.49. The van der Waals surface area contributed by atoms with Crippen molar-refractivity contribution in [3.05, 3.63) is 87.8 Å². The van der Waals surface area contributed by atoms with E-state index in [1.54, 1.807) is 6.07 Å². The smallest absolute Gasteiger partial charge is 0.253 e. The summed E-state index contributed by atoms with van der Waals surface area (Å²) in [6, 6.07) is 19.6. The lowest BCUT2D eigenvalue weighted by Gasteiger charge is -2.36. The van der Waals surface area contributed by atoms with Gasteiger partial charge in [0.05, 0.1) is 12.3 Å². The van der Waals surface area contributed by atoms with E-state index in [-0.39, 0.29) is 11.5 Å².